The first-order valence-corrected chi connectivity index (χ1v) is 6.64. The molecular weight excluding hydrogens is 354 g/mol. The Balaban J connectivity index is 2.50. The Morgan fingerprint density at radius 1 is 1.20 bits per heavy atom. The molecule has 0 saturated heterocycles. The van der Waals surface area contributed by atoms with Gasteiger partial charge >= 0.3 is 0 Å². The summed E-state index contributed by atoms with van der Waals surface area (Å²) in [5.41, 5.74) is -0.496. The van der Waals surface area contributed by atoms with E-state index in [1.165, 1.54) is 25.3 Å². The summed E-state index contributed by atoms with van der Waals surface area (Å²) in [6.45, 7) is 0. The number of halogens is 4. The molecule has 2 rings (SSSR count). The molecule has 0 N–H and O–H groups in total. The van der Waals surface area contributed by atoms with E-state index < -0.39 is 23.0 Å². The van der Waals surface area contributed by atoms with Gasteiger partial charge < -0.3 is 4.74 Å². The van der Waals surface area contributed by atoms with Crippen LogP contribution in [0.3, 0.4) is 0 Å². The van der Waals surface area contributed by atoms with Crippen molar-refractivity contribution in [3.63, 3.8) is 0 Å². The fraction of sp³-hybridized carbons (Fsp3) is 0.0714. The lowest BCUT2D eigenvalue weighted by atomic mass is 10.0. The minimum absolute atomic E-state index is 0.00818. The lowest BCUT2D eigenvalue weighted by Crippen LogP contribution is -2.08. The van der Waals surface area contributed by atoms with Gasteiger partial charge in [-0.15, -0.1) is 0 Å². The Bertz CT molecular complexity index is 666. The molecule has 0 fully saturated rings. The van der Waals surface area contributed by atoms with Gasteiger partial charge in [-0.05, 0) is 34.1 Å². The van der Waals surface area contributed by atoms with Gasteiger partial charge in [0.1, 0.15) is 17.4 Å². The molecule has 0 amide bonds. The number of methoxy groups -OCH3 is 1. The molecule has 0 bridgehead atoms. The number of ether oxygens (including phenoxy) is 1. The van der Waals surface area contributed by atoms with Crippen molar-refractivity contribution in [3.05, 3.63) is 62.6 Å². The minimum Gasteiger partial charge on any atom is -0.497 e. The van der Waals surface area contributed by atoms with E-state index in [4.69, 9.17) is 16.3 Å². The second-order valence-corrected chi connectivity index (χ2v) is 5.19. The highest BCUT2D eigenvalue weighted by molar-refractivity contribution is 9.10. The van der Waals surface area contributed by atoms with Crippen molar-refractivity contribution >= 4 is 33.3 Å². The molecule has 0 atom stereocenters. The standard InChI is InChI=1S/C14H8BrClF2O2/c1-20-8-5-11(17)13(12(18)6-8)14(19)7-2-3-10(16)9(15)4-7/h2-6H,1H3. The lowest BCUT2D eigenvalue weighted by molar-refractivity contribution is 0.103. The van der Waals surface area contributed by atoms with Crippen LogP contribution in [0.2, 0.25) is 5.02 Å². The van der Waals surface area contributed by atoms with E-state index in [1.807, 2.05) is 0 Å². The van der Waals surface area contributed by atoms with E-state index in [1.54, 1.807) is 0 Å². The Hall–Kier alpha value is -1.46. The van der Waals surface area contributed by atoms with Gasteiger partial charge in [-0.3, -0.25) is 4.79 Å². The summed E-state index contributed by atoms with van der Waals surface area (Å²) in [7, 11) is 1.28. The molecule has 0 radical (unpaired) electrons. The second kappa shape index (κ2) is 5.89. The number of hydrogen-bond donors (Lipinski definition) is 0. The maximum absolute atomic E-state index is 13.8. The summed E-state index contributed by atoms with van der Waals surface area (Å²) in [6.07, 6.45) is 0. The van der Waals surface area contributed by atoms with Gasteiger partial charge in [0.2, 0.25) is 0 Å². The summed E-state index contributed by atoms with van der Waals surface area (Å²) >= 11 is 8.97. The molecule has 0 aliphatic heterocycles. The molecule has 104 valence electrons. The highest BCUT2D eigenvalue weighted by Crippen LogP contribution is 2.27. The van der Waals surface area contributed by atoms with Crippen molar-refractivity contribution in [3.8, 4) is 5.75 Å². The third kappa shape index (κ3) is 2.83. The molecule has 0 saturated carbocycles. The Labute approximate surface area is 127 Å². The second-order valence-electron chi connectivity index (χ2n) is 3.92. The van der Waals surface area contributed by atoms with E-state index in [0.29, 0.717) is 9.50 Å². The third-order valence-electron chi connectivity index (χ3n) is 2.66. The minimum atomic E-state index is -0.974. The lowest BCUT2D eigenvalue weighted by Gasteiger charge is -2.07. The molecule has 2 aromatic rings. The molecule has 2 nitrogen and oxygen atoms in total. The summed E-state index contributed by atoms with van der Waals surface area (Å²) in [6, 6.07) is 6.20. The van der Waals surface area contributed by atoms with Crippen molar-refractivity contribution in [2.24, 2.45) is 0 Å². The van der Waals surface area contributed by atoms with Crippen LogP contribution in [0, 0.1) is 11.6 Å². The first kappa shape index (κ1) is 14.9. The molecule has 0 aliphatic rings. The normalized spacial score (nSPS) is 10.4. The molecule has 0 aromatic heterocycles. The van der Waals surface area contributed by atoms with Gasteiger partial charge in [-0.1, -0.05) is 11.6 Å². The number of hydrogen-bond acceptors (Lipinski definition) is 2. The van der Waals surface area contributed by atoms with Gasteiger partial charge in [-0.25, -0.2) is 8.78 Å². The molecule has 0 aliphatic carbocycles. The number of carbonyl (C=O) groups is 1. The zero-order chi connectivity index (χ0) is 14.9. The summed E-state index contributed by atoms with van der Waals surface area (Å²) < 4.78 is 32.9. The van der Waals surface area contributed by atoms with Crippen molar-refractivity contribution in [1.82, 2.24) is 0 Å². The third-order valence-corrected chi connectivity index (χ3v) is 3.87. The van der Waals surface area contributed by atoms with Crippen LogP contribution >= 0.6 is 27.5 Å². The smallest absolute Gasteiger partial charge is 0.198 e. The quantitative estimate of drug-likeness (QED) is 0.746. The number of carbonyl (C=O) groups excluding carboxylic acids is 1. The Morgan fingerprint density at radius 3 is 2.30 bits per heavy atom. The maximum Gasteiger partial charge on any atom is 0.198 e. The Morgan fingerprint density at radius 2 is 1.80 bits per heavy atom. The van der Waals surface area contributed by atoms with Crippen molar-refractivity contribution in [2.45, 2.75) is 0 Å². The first-order valence-electron chi connectivity index (χ1n) is 5.47. The predicted molar refractivity (Wildman–Crippen MR) is 75.5 cm³/mol. The largest absolute Gasteiger partial charge is 0.497 e. The molecule has 0 spiro atoms. The average molecular weight is 362 g/mol. The number of benzene rings is 2. The molecular formula is C14H8BrClF2O2. The summed E-state index contributed by atoms with van der Waals surface area (Å²) in [5.74, 6) is -2.70. The SMILES string of the molecule is COc1cc(F)c(C(=O)c2ccc(Cl)c(Br)c2)c(F)c1. The predicted octanol–water partition coefficient (Wildman–Crippen LogP) is 4.62. The van der Waals surface area contributed by atoms with E-state index in [-0.39, 0.29) is 11.3 Å². The van der Waals surface area contributed by atoms with Crippen molar-refractivity contribution < 1.29 is 18.3 Å². The summed E-state index contributed by atoms with van der Waals surface area (Å²) in [4.78, 5) is 12.2. The van der Waals surface area contributed by atoms with Gasteiger partial charge in [0.05, 0.1) is 17.7 Å². The van der Waals surface area contributed by atoms with Crippen LogP contribution in [-0.4, -0.2) is 12.9 Å². The Kier molecular flexibility index (Phi) is 4.40. The number of rotatable bonds is 3. The molecule has 6 heteroatoms. The van der Waals surface area contributed by atoms with Gasteiger partial charge in [0, 0.05) is 22.2 Å². The molecule has 2 aromatic carbocycles. The van der Waals surface area contributed by atoms with Crippen LogP contribution in [0.15, 0.2) is 34.8 Å². The fourth-order valence-electron chi connectivity index (χ4n) is 1.67. The van der Waals surface area contributed by atoms with E-state index in [9.17, 15) is 13.6 Å². The van der Waals surface area contributed by atoms with Gasteiger partial charge in [0.25, 0.3) is 0 Å². The maximum atomic E-state index is 13.8. The highest BCUT2D eigenvalue weighted by atomic mass is 79.9. The van der Waals surface area contributed by atoms with Crippen LogP contribution in [0.1, 0.15) is 15.9 Å². The monoisotopic (exact) mass is 360 g/mol. The van der Waals surface area contributed by atoms with Gasteiger partial charge in [-0.2, -0.15) is 0 Å². The van der Waals surface area contributed by atoms with Crippen LogP contribution in [0.25, 0.3) is 0 Å². The van der Waals surface area contributed by atoms with E-state index in [0.717, 1.165) is 12.1 Å². The molecule has 20 heavy (non-hydrogen) atoms. The van der Waals surface area contributed by atoms with Crippen LogP contribution < -0.4 is 4.74 Å². The van der Waals surface area contributed by atoms with Gasteiger partial charge in [0.15, 0.2) is 5.78 Å². The first-order chi connectivity index (χ1) is 9.43. The van der Waals surface area contributed by atoms with Crippen LogP contribution in [0.4, 0.5) is 8.78 Å². The molecule has 0 unspecified atom stereocenters. The van der Waals surface area contributed by atoms with E-state index >= 15 is 0 Å². The van der Waals surface area contributed by atoms with Crippen LogP contribution in [0.5, 0.6) is 5.75 Å². The highest BCUT2D eigenvalue weighted by Gasteiger charge is 2.21. The van der Waals surface area contributed by atoms with Crippen LogP contribution in [-0.2, 0) is 0 Å². The fourth-order valence-corrected chi connectivity index (χ4v) is 2.16. The number of ketones is 1. The zero-order valence-electron chi connectivity index (χ0n) is 10.2. The zero-order valence-corrected chi connectivity index (χ0v) is 12.6. The van der Waals surface area contributed by atoms with E-state index in [2.05, 4.69) is 15.9 Å². The van der Waals surface area contributed by atoms with Crippen molar-refractivity contribution in [2.75, 3.05) is 7.11 Å². The van der Waals surface area contributed by atoms with Crippen molar-refractivity contribution in [1.29, 1.82) is 0 Å². The molecule has 0 heterocycles. The average Bonchev–Trinajstić information content (AvgIpc) is 2.40. The summed E-state index contributed by atoms with van der Waals surface area (Å²) in [5, 5.41) is 0.400. The topological polar surface area (TPSA) is 26.3 Å².